The van der Waals surface area contributed by atoms with Gasteiger partial charge in [-0.3, -0.25) is 0 Å². The Morgan fingerprint density at radius 3 is 2.41 bits per heavy atom. The van der Waals surface area contributed by atoms with Crippen molar-refractivity contribution in [1.29, 1.82) is 0 Å². The molecule has 0 radical (unpaired) electrons. The second-order valence-corrected chi connectivity index (χ2v) is 8.37. The van der Waals surface area contributed by atoms with E-state index < -0.39 is 0 Å². The van der Waals surface area contributed by atoms with Gasteiger partial charge in [0.05, 0.1) is 6.04 Å². The average Bonchev–Trinajstić information content (AvgIpc) is 2.52. The van der Waals surface area contributed by atoms with Crippen LogP contribution in [0.2, 0.25) is 0 Å². The van der Waals surface area contributed by atoms with E-state index in [9.17, 15) is 0 Å². The molecule has 3 atom stereocenters. The number of anilines is 2. The van der Waals surface area contributed by atoms with Gasteiger partial charge >= 0.3 is 0 Å². The largest absolute Gasteiger partial charge is 0.382 e. The lowest BCUT2D eigenvalue weighted by Crippen LogP contribution is -2.38. The molecule has 0 spiro atoms. The average molecular weight is 518 g/mol. The third kappa shape index (κ3) is 3.37. The summed E-state index contributed by atoms with van der Waals surface area (Å²) < 4.78 is 2.55. The molecule has 0 aromatic heterocycles. The Labute approximate surface area is 159 Å². The maximum Gasteiger partial charge on any atom is 0.0579 e. The molecule has 0 unspecified atom stereocenters. The smallest absolute Gasteiger partial charge is 0.0579 e. The van der Waals surface area contributed by atoms with E-state index in [0.29, 0.717) is 18.0 Å². The van der Waals surface area contributed by atoms with Crippen LogP contribution in [0.1, 0.15) is 31.9 Å². The molecule has 22 heavy (non-hydrogen) atoms. The Balaban J connectivity index is 1.96. The Hall–Kier alpha value is -0.500. The summed E-state index contributed by atoms with van der Waals surface area (Å²) in [5.74, 6) is 0.537. The lowest BCUT2D eigenvalue weighted by molar-refractivity contribution is 0.400. The fourth-order valence-corrected chi connectivity index (χ4v) is 4.05. The van der Waals surface area contributed by atoms with Crippen molar-refractivity contribution in [1.82, 2.24) is 0 Å². The number of hydrogen-bond acceptors (Lipinski definition) is 2. The highest BCUT2D eigenvalue weighted by atomic mass is 127. The van der Waals surface area contributed by atoms with Crippen LogP contribution in [0.4, 0.5) is 11.4 Å². The molecular weight excluding hydrogens is 498 g/mol. The van der Waals surface area contributed by atoms with Gasteiger partial charge in [-0.25, -0.2) is 0 Å². The van der Waals surface area contributed by atoms with Crippen LogP contribution in [0.15, 0.2) is 42.5 Å². The summed E-state index contributed by atoms with van der Waals surface area (Å²) in [6.07, 6.45) is 1.14. The zero-order valence-electron chi connectivity index (χ0n) is 12.7. The van der Waals surface area contributed by atoms with E-state index in [0.717, 1.165) is 6.42 Å². The van der Waals surface area contributed by atoms with Crippen LogP contribution in [-0.4, -0.2) is 6.04 Å². The quantitative estimate of drug-likeness (QED) is 0.496. The molecule has 116 valence electrons. The third-order valence-electron chi connectivity index (χ3n) is 4.46. The number of rotatable bonds is 3. The minimum atomic E-state index is 0.343. The second kappa shape index (κ2) is 6.95. The van der Waals surface area contributed by atoms with E-state index in [4.69, 9.17) is 0 Å². The molecule has 2 aromatic carbocycles. The highest BCUT2D eigenvalue weighted by Crippen LogP contribution is 2.40. The predicted octanol–water partition coefficient (Wildman–Crippen LogP) is 5.89. The molecule has 0 saturated carbocycles. The van der Waals surface area contributed by atoms with Crippen molar-refractivity contribution >= 4 is 56.6 Å². The SMILES string of the molecule is CC[C@@H]1Nc2ccc(I)cc2[C@@H](Nc2ccc(I)cc2)[C@H]1C. The highest BCUT2D eigenvalue weighted by molar-refractivity contribution is 14.1. The molecule has 1 aliphatic rings. The minimum Gasteiger partial charge on any atom is -0.382 e. The maximum absolute atomic E-state index is 3.76. The highest BCUT2D eigenvalue weighted by Gasteiger charge is 2.32. The number of hydrogen-bond donors (Lipinski definition) is 2. The van der Waals surface area contributed by atoms with Crippen molar-refractivity contribution in [3.8, 4) is 0 Å². The Kier molecular flexibility index (Phi) is 5.17. The molecule has 3 rings (SSSR count). The van der Waals surface area contributed by atoms with Crippen molar-refractivity contribution < 1.29 is 0 Å². The van der Waals surface area contributed by atoms with Gasteiger partial charge in [-0.1, -0.05) is 13.8 Å². The first kappa shape index (κ1) is 16.4. The first-order chi connectivity index (χ1) is 10.6. The molecular formula is C18H20I2N2. The first-order valence-corrected chi connectivity index (χ1v) is 9.82. The number of halogens is 2. The van der Waals surface area contributed by atoms with Crippen LogP contribution in [-0.2, 0) is 0 Å². The van der Waals surface area contributed by atoms with Crippen molar-refractivity contribution in [2.24, 2.45) is 5.92 Å². The van der Waals surface area contributed by atoms with Crippen LogP contribution in [0.5, 0.6) is 0 Å². The lowest BCUT2D eigenvalue weighted by Gasteiger charge is -2.39. The van der Waals surface area contributed by atoms with Gasteiger partial charge in [-0.15, -0.1) is 0 Å². The van der Waals surface area contributed by atoms with Crippen LogP contribution in [0.25, 0.3) is 0 Å². The number of nitrogens with one attached hydrogen (secondary N) is 2. The molecule has 0 aliphatic carbocycles. The van der Waals surface area contributed by atoms with Gasteiger partial charge in [0.25, 0.3) is 0 Å². The summed E-state index contributed by atoms with van der Waals surface area (Å²) in [6.45, 7) is 4.60. The van der Waals surface area contributed by atoms with E-state index in [-0.39, 0.29) is 0 Å². The molecule has 1 aliphatic heterocycles. The van der Waals surface area contributed by atoms with Gasteiger partial charge in [0.2, 0.25) is 0 Å². The van der Waals surface area contributed by atoms with E-state index in [2.05, 4.69) is 112 Å². The molecule has 0 bridgehead atoms. The summed E-state index contributed by atoms with van der Waals surface area (Å²) >= 11 is 4.74. The van der Waals surface area contributed by atoms with Gasteiger partial charge in [0.15, 0.2) is 0 Å². The monoisotopic (exact) mass is 518 g/mol. The van der Waals surface area contributed by atoms with E-state index in [1.807, 2.05) is 0 Å². The zero-order chi connectivity index (χ0) is 15.7. The molecule has 0 fully saturated rings. The van der Waals surface area contributed by atoms with Gasteiger partial charge < -0.3 is 10.6 Å². The number of benzene rings is 2. The molecule has 1 heterocycles. The number of fused-ring (bicyclic) bond motifs is 1. The summed E-state index contributed by atoms with van der Waals surface area (Å²) in [7, 11) is 0. The summed E-state index contributed by atoms with van der Waals surface area (Å²) in [4.78, 5) is 0. The molecule has 0 amide bonds. The first-order valence-electron chi connectivity index (χ1n) is 7.66. The Bertz CT molecular complexity index is 655. The van der Waals surface area contributed by atoms with E-state index in [1.54, 1.807) is 0 Å². The molecule has 2 N–H and O–H groups in total. The fraction of sp³-hybridized carbons (Fsp3) is 0.333. The summed E-state index contributed by atoms with van der Waals surface area (Å²) in [6, 6.07) is 16.2. The molecule has 0 saturated heterocycles. The minimum absolute atomic E-state index is 0.343. The predicted molar refractivity (Wildman–Crippen MR) is 112 cm³/mol. The van der Waals surface area contributed by atoms with Crippen LogP contribution >= 0.6 is 45.2 Å². The van der Waals surface area contributed by atoms with Gasteiger partial charge in [0, 0.05) is 30.5 Å². The maximum atomic E-state index is 3.76. The fourth-order valence-electron chi connectivity index (χ4n) is 3.18. The molecule has 2 aromatic rings. The van der Waals surface area contributed by atoms with Crippen molar-refractivity contribution in [2.75, 3.05) is 10.6 Å². The topological polar surface area (TPSA) is 24.1 Å². The second-order valence-electron chi connectivity index (χ2n) is 5.88. The molecule has 2 nitrogen and oxygen atoms in total. The third-order valence-corrected chi connectivity index (χ3v) is 5.85. The van der Waals surface area contributed by atoms with E-state index in [1.165, 1.54) is 24.1 Å². The van der Waals surface area contributed by atoms with Gasteiger partial charge in [0.1, 0.15) is 0 Å². The van der Waals surface area contributed by atoms with Crippen LogP contribution < -0.4 is 10.6 Å². The van der Waals surface area contributed by atoms with E-state index >= 15 is 0 Å². The normalized spacial score (nSPS) is 23.5. The van der Waals surface area contributed by atoms with Gasteiger partial charge in [-0.05, 0) is 99.6 Å². The van der Waals surface area contributed by atoms with Crippen LogP contribution in [0, 0.1) is 13.1 Å². The van der Waals surface area contributed by atoms with Crippen molar-refractivity contribution in [3.63, 3.8) is 0 Å². The van der Waals surface area contributed by atoms with Crippen molar-refractivity contribution in [3.05, 3.63) is 55.2 Å². The summed E-state index contributed by atoms with van der Waals surface area (Å²) in [5.41, 5.74) is 3.84. The standard InChI is InChI=1S/C18H20I2N2/c1-3-16-11(2)18(21-14-7-4-12(19)5-8-14)15-10-13(20)6-9-17(15)22-16/h4-11,16,18,21-22H,3H2,1-2H3/t11-,16-,18-/m0/s1. The van der Waals surface area contributed by atoms with Gasteiger partial charge in [-0.2, -0.15) is 0 Å². The van der Waals surface area contributed by atoms with Crippen LogP contribution in [0.3, 0.4) is 0 Å². The summed E-state index contributed by atoms with van der Waals surface area (Å²) in [5, 5.41) is 7.46. The van der Waals surface area contributed by atoms with Crippen molar-refractivity contribution in [2.45, 2.75) is 32.4 Å². The Morgan fingerprint density at radius 2 is 1.73 bits per heavy atom. The lowest BCUT2D eigenvalue weighted by atomic mass is 9.82. The molecule has 4 heteroatoms. The zero-order valence-corrected chi connectivity index (χ0v) is 17.1. The Morgan fingerprint density at radius 1 is 1.05 bits per heavy atom.